The highest BCUT2D eigenvalue weighted by atomic mass is 79.9. The van der Waals surface area contributed by atoms with Crippen LogP contribution in [0.15, 0.2) is 46.9 Å². The highest BCUT2D eigenvalue weighted by Gasteiger charge is 2.14. The van der Waals surface area contributed by atoms with E-state index in [0.717, 1.165) is 11.3 Å². The summed E-state index contributed by atoms with van der Waals surface area (Å²) in [4.78, 5) is 14.3. The van der Waals surface area contributed by atoms with Gasteiger partial charge < -0.3 is 20.1 Å². The van der Waals surface area contributed by atoms with Crippen LogP contribution < -0.4 is 15.0 Å². The lowest BCUT2D eigenvalue weighted by Gasteiger charge is -2.16. The van der Waals surface area contributed by atoms with Crippen LogP contribution in [-0.2, 0) is 0 Å². The van der Waals surface area contributed by atoms with E-state index in [9.17, 15) is 9.90 Å². The summed E-state index contributed by atoms with van der Waals surface area (Å²) >= 11 is 3.35. The molecule has 0 aliphatic heterocycles. The minimum atomic E-state index is -0.769. The Kier molecular flexibility index (Phi) is 6.23. The van der Waals surface area contributed by atoms with Crippen LogP contribution in [-0.4, -0.2) is 38.8 Å². The molecule has 0 heterocycles. The fourth-order valence-electron chi connectivity index (χ4n) is 2.20. The van der Waals surface area contributed by atoms with Crippen LogP contribution in [0, 0.1) is 0 Å². The zero-order chi connectivity index (χ0) is 17.7. The Morgan fingerprint density at radius 1 is 1.25 bits per heavy atom. The monoisotopic (exact) mass is 392 g/mol. The van der Waals surface area contributed by atoms with Crippen LogP contribution in [0.5, 0.6) is 5.75 Å². The average molecular weight is 393 g/mol. The summed E-state index contributed by atoms with van der Waals surface area (Å²) in [6.45, 7) is 0.129. The minimum absolute atomic E-state index is 0.129. The number of hydrogen-bond acceptors (Lipinski definition) is 4. The van der Waals surface area contributed by atoms with E-state index in [-0.39, 0.29) is 12.5 Å². The number of aliphatic hydroxyl groups is 1. The van der Waals surface area contributed by atoms with E-state index in [1.165, 1.54) is 0 Å². The number of benzene rings is 2. The van der Waals surface area contributed by atoms with Gasteiger partial charge in [-0.1, -0.05) is 12.1 Å². The van der Waals surface area contributed by atoms with Gasteiger partial charge in [-0.15, -0.1) is 0 Å². The molecule has 6 heteroatoms. The fraction of sp³-hybridized carbons (Fsp3) is 0.278. The number of ether oxygens (including phenoxy) is 1. The summed E-state index contributed by atoms with van der Waals surface area (Å²) in [7, 11) is 5.46. The number of carbonyl (C=O) groups excluding carboxylic acids is 1. The maximum atomic E-state index is 12.3. The first kappa shape index (κ1) is 18.3. The van der Waals surface area contributed by atoms with Crippen molar-refractivity contribution in [1.82, 2.24) is 5.32 Å². The van der Waals surface area contributed by atoms with Gasteiger partial charge in [0.15, 0.2) is 0 Å². The number of amides is 1. The molecule has 0 radical (unpaired) electrons. The van der Waals surface area contributed by atoms with E-state index in [1.54, 1.807) is 25.3 Å². The fourth-order valence-corrected chi connectivity index (χ4v) is 2.63. The lowest BCUT2D eigenvalue weighted by molar-refractivity contribution is 0.0915. The standard InChI is InChI=1S/C18H21BrN2O3/c1-21(2)13-6-4-12(5-7-13)17(22)11-20-18(23)15-10-14(24-3)8-9-16(15)19/h4-10,17,22H,11H2,1-3H3,(H,20,23)/t17-/m1/s1. The molecule has 128 valence electrons. The van der Waals surface area contributed by atoms with Gasteiger partial charge in [0.2, 0.25) is 0 Å². The Morgan fingerprint density at radius 3 is 2.50 bits per heavy atom. The molecule has 0 aromatic heterocycles. The molecule has 2 aromatic carbocycles. The van der Waals surface area contributed by atoms with Crippen LogP contribution >= 0.6 is 15.9 Å². The molecule has 24 heavy (non-hydrogen) atoms. The SMILES string of the molecule is COc1ccc(Br)c(C(=O)NC[C@@H](O)c2ccc(N(C)C)cc2)c1. The maximum Gasteiger partial charge on any atom is 0.252 e. The third-order valence-electron chi connectivity index (χ3n) is 3.67. The van der Waals surface area contributed by atoms with Crippen molar-refractivity contribution >= 4 is 27.5 Å². The van der Waals surface area contributed by atoms with Gasteiger partial charge in [-0.3, -0.25) is 4.79 Å². The number of aliphatic hydroxyl groups excluding tert-OH is 1. The quantitative estimate of drug-likeness (QED) is 0.792. The molecule has 0 saturated heterocycles. The highest BCUT2D eigenvalue weighted by molar-refractivity contribution is 9.10. The molecule has 5 nitrogen and oxygen atoms in total. The number of halogens is 1. The second-order valence-corrected chi connectivity index (χ2v) is 6.41. The van der Waals surface area contributed by atoms with Gasteiger partial charge in [0.05, 0.1) is 18.8 Å². The van der Waals surface area contributed by atoms with Crippen LogP contribution in [0.2, 0.25) is 0 Å². The van der Waals surface area contributed by atoms with E-state index < -0.39 is 6.10 Å². The van der Waals surface area contributed by atoms with Gasteiger partial charge in [0.25, 0.3) is 5.91 Å². The molecule has 0 unspecified atom stereocenters. The second-order valence-electron chi connectivity index (χ2n) is 5.56. The average Bonchev–Trinajstić information content (AvgIpc) is 2.59. The molecule has 0 bridgehead atoms. The molecular weight excluding hydrogens is 372 g/mol. The molecule has 1 amide bonds. The van der Waals surface area contributed by atoms with Crippen molar-refractivity contribution in [3.8, 4) is 5.75 Å². The number of rotatable bonds is 6. The van der Waals surface area contributed by atoms with Crippen molar-refractivity contribution in [2.24, 2.45) is 0 Å². The molecule has 0 fully saturated rings. The first-order chi connectivity index (χ1) is 11.4. The number of nitrogens with zero attached hydrogens (tertiary/aromatic N) is 1. The van der Waals surface area contributed by atoms with Gasteiger partial charge in [0.1, 0.15) is 5.75 Å². The lowest BCUT2D eigenvalue weighted by atomic mass is 10.1. The Morgan fingerprint density at radius 2 is 1.92 bits per heavy atom. The maximum absolute atomic E-state index is 12.3. The predicted molar refractivity (Wildman–Crippen MR) is 98.8 cm³/mol. The first-order valence-electron chi connectivity index (χ1n) is 7.49. The molecule has 0 aliphatic carbocycles. The first-order valence-corrected chi connectivity index (χ1v) is 8.28. The normalized spacial score (nSPS) is 11.7. The van der Waals surface area contributed by atoms with E-state index in [0.29, 0.717) is 15.8 Å². The van der Waals surface area contributed by atoms with Crippen LogP contribution in [0.1, 0.15) is 22.0 Å². The van der Waals surface area contributed by atoms with Crippen molar-refractivity contribution in [2.45, 2.75) is 6.10 Å². The van der Waals surface area contributed by atoms with Crippen LogP contribution in [0.25, 0.3) is 0 Å². The number of anilines is 1. The van der Waals surface area contributed by atoms with Crippen molar-refractivity contribution in [3.63, 3.8) is 0 Å². The zero-order valence-electron chi connectivity index (χ0n) is 13.9. The molecule has 1 atom stereocenters. The largest absolute Gasteiger partial charge is 0.497 e. The Hall–Kier alpha value is -2.05. The van der Waals surface area contributed by atoms with Crippen molar-refractivity contribution in [2.75, 3.05) is 32.6 Å². The Labute approximate surface area is 150 Å². The van der Waals surface area contributed by atoms with Gasteiger partial charge >= 0.3 is 0 Å². The van der Waals surface area contributed by atoms with Crippen molar-refractivity contribution in [3.05, 3.63) is 58.1 Å². The summed E-state index contributed by atoms with van der Waals surface area (Å²) in [5, 5.41) is 13.0. The minimum Gasteiger partial charge on any atom is -0.497 e. The number of hydrogen-bond donors (Lipinski definition) is 2. The zero-order valence-corrected chi connectivity index (χ0v) is 15.5. The molecular formula is C18H21BrN2O3. The van der Waals surface area contributed by atoms with Gasteiger partial charge in [0, 0.05) is 30.8 Å². The third-order valence-corrected chi connectivity index (χ3v) is 4.36. The van der Waals surface area contributed by atoms with Gasteiger partial charge in [-0.05, 0) is 51.8 Å². The van der Waals surface area contributed by atoms with Crippen molar-refractivity contribution < 1.29 is 14.6 Å². The molecule has 0 aliphatic rings. The summed E-state index contributed by atoms with van der Waals surface area (Å²) < 4.78 is 5.80. The second kappa shape index (κ2) is 8.17. The van der Waals surface area contributed by atoms with E-state index in [1.807, 2.05) is 43.3 Å². The highest BCUT2D eigenvalue weighted by Crippen LogP contribution is 2.23. The summed E-state index contributed by atoms with van der Waals surface area (Å²) in [5.41, 5.74) is 2.27. The molecule has 2 aromatic rings. The molecule has 0 saturated carbocycles. The van der Waals surface area contributed by atoms with E-state index in [4.69, 9.17) is 4.74 Å². The Balaban J connectivity index is 2.00. The lowest BCUT2D eigenvalue weighted by Crippen LogP contribution is -2.28. The molecule has 2 rings (SSSR count). The number of methoxy groups -OCH3 is 1. The number of carbonyl (C=O) groups is 1. The summed E-state index contributed by atoms with van der Waals surface area (Å²) in [5.74, 6) is 0.327. The van der Waals surface area contributed by atoms with E-state index >= 15 is 0 Å². The van der Waals surface area contributed by atoms with Crippen LogP contribution in [0.4, 0.5) is 5.69 Å². The third kappa shape index (κ3) is 4.49. The van der Waals surface area contributed by atoms with E-state index in [2.05, 4.69) is 21.2 Å². The Bertz CT molecular complexity index is 702. The summed E-state index contributed by atoms with van der Waals surface area (Å²) in [6.07, 6.45) is -0.769. The van der Waals surface area contributed by atoms with Gasteiger partial charge in [-0.25, -0.2) is 0 Å². The smallest absolute Gasteiger partial charge is 0.252 e. The van der Waals surface area contributed by atoms with Gasteiger partial charge in [-0.2, -0.15) is 0 Å². The number of nitrogens with one attached hydrogen (secondary N) is 1. The summed E-state index contributed by atoms with van der Waals surface area (Å²) in [6, 6.07) is 12.7. The molecule has 2 N–H and O–H groups in total. The topological polar surface area (TPSA) is 61.8 Å². The van der Waals surface area contributed by atoms with Crippen molar-refractivity contribution in [1.29, 1.82) is 0 Å². The molecule has 0 spiro atoms. The van der Waals surface area contributed by atoms with Crippen LogP contribution in [0.3, 0.4) is 0 Å². The predicted octanol–water partition coefficient (Wildman–Crippen LogP) is 2.99.